The Hall–Kier alpha value is -5.03. The van der Waals surface area contributed by atoms with E-state index in [0.717, 1.165) is 5.56 Å². The predicted octanol–water partition coefficient (Wildman–Crippen LogP) is 6.85. The van der Waals surface area contributed by atoms with Gasteiger partial charge in [0.2, 0.25) is 0 Å². The molecule has 1 atom stereocenters. The summed E-state index contributed by atoms with van der Waals surface area (Å²) in [5, 5.41) is 0.858. The van der Waals surface area contributed by atoms with Crippen molar-refractivity contribution in [3.8, 4) is 23.0 Å². The largest absolute Gasteiger partial charge is 0.493 e. The Morgan fingerprint density at radius 3 is 2.30 bits per heavy atom. The Balaban J connectivity index is 1.52. The number of aromatic nitrogens is 1. The molecule has 0 fully saturated rings. The van der Waals surface area contributed by atoms with Gasteiger partial charge in [-0.15, -0.1) is 0 Å². The summed E-state index contributed by atoms with van der Waals surface area (Å²) >= 11 is 14.2. The summed E-state index contributed by atoms with van der Waals surface area (Å²) in [6.45, 7) is 2.04. The zero-order valence-electron chi connectivity index (χ0n) is 27.6. The van der Waals surface area contributed by atoms with Gasteiger partial charge < -0.3 is 23.7 Å². The van der Waals surface area contributed by atoms with Crippen molar-refractivity contribution in [2.45, 2.75) is 19.6 Å². The first-order chi connectivity index (χ1) is 24.3. The maximum absolute atomic E-state index is 14.4. The number of hydrogen-bond donors (Lipinski definition) is 0. The third-order valence-electron chi connectivity index (χ3n) is 7.98. The number of thiazole rings is 1. The van der Waals surface area contributed by atoms with Crippen LogP contribution in [0.2, 0.25) is 10.0 Å². The molecule has 0 spiro atoms. The van der Waals surface area contributed by atoms with Crippen LogP contribution in [0, 0.1) is 0 Å². The van der Waals surface area contributed by atoms with E-state index in [1.54, 1.807) is 49.4 Å². The predicted molar refractivity (Wildman–Crippen MR) is 194 cm³/mol. The van der Waals surface area contributed by atoms with Crippen molar-refractivity contribution in [1.82, 2.24) is 4.57 Å². The van der Waals surface area contributed by atoms with Crippen LogP contribution >= 0.6 is 34.5 Å². The van der Waals surface area contributed by atoms with Crippen LogP contribution in [0.15, 0.2) is 100 Å². The average Bonchev–Trinajstić information content (AvgIpc) is 3.44. The molecule has 1 aliphatic rings. The van der Waals surface area contributed by atoms with Gasteiger partial charge in [-0.1, -0.05) is 89.1 Å². The van der Waals surface area contributed by atoms with Gasteiger partial charge >= 0.3 is 5.97 Å². The molecule has 9 nitrogen and oxygen atoms in total. The molecule has 4 aromatic carbocycles. The van der Waals surface area contributed by atoms with Gasteiger partial charge in [0.1, 0.15) is 6.61 Å². The highest BCUT2D eigenvalue weighted by molar-refractivity contribution is 7.07. The molecule has 0 unspecified atom stereocenters. The molecular formula is C38H32Cl2N2O7S. The minimum Gasteiger partial charge on any atom is -0.493 e. The molecule has 0 bridgehead atoms. The molecule has 1 aliphatic heterocycles. The van der Waals surface area contributed by atoms with E-state index in [9.17, 15) is 9.59 Å². The minimum absolute atomic E-state index is 0.133. The summed E-state index contributed by atoms with van der Waals surface area (Å²) in [7, 11) is 4.57. The van der Waals surface area contributed by atoms with Gasteiger partial charge in [-0.05, 0) is 54.5 Å². The molecule has 0 aliphatic carbocycles. The number of carbonyl (C=O) groups is 1. The first-order valence-electron chi connectivity index (χ1n) is 15.5. The maximum atomic E-state index is 14.4. The molecule has 256 valence electrons. The standard InChI is InChI=1S/C38H32Cl2N2O7S/c1-5-48-37(44)32-33(23-11-7-6-8-12-23)41-38-42(34(32)24-15-16-28(45-2)29(20-24)46-3)36(43)31(50-38)19-22-17-27(40)35(30(18-22)47-4)49-21-25-13-9-10-14-26(25)39/h6-20,34H,5,21H2,1-4H3/b31-19-/t34-/m1/s1. The monoisotopic (exact) mass is 730 g/mol. The summed E-state index contributed by atoms with van der Waals surface area (Å²) in [4.78, 5) is 33.5. The van der Waals surface area contributed by atoms with E-state index >= 15 is 0 Å². The minimum atomic E-state index is -0.902. The molecule has 1 aromatic heterocycles. The number of hydrogen-bond acceptors (Lipinski definition) is 9. The second kappa shape index (κ2) is 15.2. The van der Waals surface area contributed by atoms with Crippen LogP contribution in [0.1, 0.15) is 35.2 Å². The Morgan fingerprint density at radius 2 is 1.60 bits per heavy atom. The number of esters is 1. The molecule has 0 saturated carbocycles. The highest BCUT2D eigenvalue weighted by Crippen LogP contribution is 2.39. The third kappa shape index (κ3) is 6.87. The molecule has 0 N–H and O–H groups in total. The van der Waals surface area contributed by atoms with E-state index in [-0.39, 0.29) is 29.4 Å². The van der Waals surface area contributed by atoms with Gasteiger partial charge in [-0.25, -0.2) is 9.79 Å². The Kier molecular flexibility index (Phi) is 10.6. The van der Waals surface area contributed by atoms with Crippen molar-refractivity contribution >= 4 is 52.3 Å². The normalized spacial score (nSPS) is 14.1. The lowest BCUT2D eigenvalue weighted by Gasteiger charge is -2.26. The quantitative estimate of drug-likeness (QED) is 0.137. The number of nitrogens with zero attached hydrogens (tertiary/aromatic N) is 2. The summed E-state index contributed by atoms with van der Waals surface area (Å²) in [5.41, 5.74) is 2.94. The zero-order chi connectivity index (χ0) is 35.4. The zero-order valence-corrected chi connectivity index (χ0v) is 29.9. The van der Waals surface area contributed by atoms with E-state index in [1.165, 1.54) is 37.2 Å². The molecule has 6 rings (SSSR count). The smallest absolute Gasteiger partial charge is 0.338 e. The number of fused-ring (bicyclic) bond motifs is 1. The van der Waals surface area contributed by atoms with Crippen LogP contribution in [-0.4, -0.2) is 38.5 Å². The Labute approximate surface area is 302 Å². The number of rotatable bonds is 11. The van der Waals surface area contributed by atoms with Crippen molar-refractivity contribution in [3.63, 3.8) is 0 Å². The van der Waals surface area contributed by atoms with Gasteiger partial charge in [0.25, 0.3) is 5.56 Å². The summed E-state index contributed by atoms with van der Waals surface area (Å²) < 4.78 is 30.2. The van der Waals surface area contributed by atoms with Crippen LogP contribution in [-0.2, 0) is 16.1 Å². The maximum Gasteiger partial charge on any atom is 0.338 e. The highest BCUT2D eigenvalue weighted by atomic mass is 35.5. The van der Waals surface area contributed by atoms with Gasteiger partial charge in [-0.3, -0.25) is 9.36 Å². The van der Waals surface area contributed by atoms with E-state index < -0.39 is 12.0 Å². The molecule has 12 heteroatoms. The average molecular weight is 732 g/mol. The van der Waals surface area contributed by atoms with Gasteiger partial charge in [-0.2, -0.15) is 0 Å². The SMILES string of the molecule is CCOC(=O)C1=C(c2ccccc2)N=c2s/c(=C\c3cc(Cl)c(OCc4ccccc4Cl)c(OC)c3)c(=O)n2[C@@H]1c1ccc(OC)c(OC)c1. The Bertz CT molecular complexity index is 2280. The first kappa shape index (κ1) is 34.8. The van der Waals surface area contributed by atoms with Crippen LogP contribution in [0.4, 0.5) is 0 Å². The molecule has 50 heavy (non-hydrogen) atoms. The lowest BCUT2D eigenvalue weighted by atomic mass is 9.93. The highest BCUT2D eigenvalue weighted by Gasteiger charge is 2.35. The summed E-state index contributed by atoms with van der Waals surface area (Å²) in [6, 6.07) is 24.5. The summed E-state index contributed by atoms with van der Waals surface area (Å²) in [5.74, 6) is 1.06. The van der Waals surface area contributed by atoms with Crippen LogP contribution in [0.3, 0.4) is 0 Å². The fraction of sp³-hybridized carbons (Fsp3) is 0.184. The van der Waals surface area contributed by atoms with E-state index in [4.69, 9.17) is 51.9 Å². The molecule has 0 radical (unpaired) electrons. The Morgan fingerprint density at radius 1 is 0.880 bits per heavy atom. The van der Waals surface area contributed by atoms with Gasteiger partial charge in [0, 0.05) is 16.1 Å². The number of ether oxygens (including phenoxy) is 5. The number of benzene rings is 4. The molecule has 0 amide bonds. The van der Waals surface area contributed by atoms with E-state index in [2.05, 4.69) is 0 Å². The van der Waals surface area contributed by atoms with Crippen LogP contribution in [0.5, 0.6) is 23.0 Å². The lowest BCUT2D eigenvalue weighted by Crippen LogP contribution is -2.40. The molecule has 0 saturated heterocycles. The van der Waals surface area contributed by atoms with Crippen molar-refractivity contribution in [2.24, 2.45) is 4.99 Å². The summed E-state index contributed by atoms with van der Waals surface area (Å²) in [6.07, 6.45) is 1.71. The topological polar surface area (TPSA) is 97.6 Å². The fourth-order valence-electron chi connectivity index (χ4n) is 5.66. The van der Waals surface area contributed by atoms with E-state index in [1.807, 2.05) is 48.5 Å². The molecule has 5 aromatic rings. The van der Waals surface area contributed by atoms with Gasteiger partial charge in [0.05, 0.1) is 54.8 Å². The molecular weight excluding hydrogens is 699 g/mol. The number of halogens is 2. The number of methoxy groups -OCH3 is 3. The van der Waals surface area contributed by atoms with Crippen molar-refractivity contribution in [1.29, 1.82) is 0 Å². The first-order valence-corrected chi connectivity index (χ1v) is 17.1. The second-order valence-corrected chi connectivity index (χ2v) is 12.8. The van der Waals surface area contributed by atoms with Crippen molar-refractivity contribution < 1.29 is 28.5 Å². The van der Waals surface area contributed by atoms with Crippen molar-refractivity contribution in [3.05, 3.63) is 142 Å². The van der Waals surface area contributed by atoms with E-state index in [0.29, 0.717) is 59.7 Å². The number of carbonyl (C=O) groups excluding carboxylic acids is 1. The fourth-order valence-corrected chi connectivity index (χ4v) is 7.12. The van der Waals surface area contributed by atoms with Gasteiger partial charge in [0.15, 0.2) is 27.8 Å². The second-order valence-electron chi connectivity index (χ2n) is 11.0. The lowest BCUT2D eigenvalue weighted by molar-refractivity contribution is -0.138. The third-order valence-corrected chi connectivity index (χ3v) is 9.61. The molecule has 2 heterocycles. The van der Waals surface area contributed by atoms with Crippen molar-refractivity contribution in [2.75, 3.05) is 27.9 Å². The van der Waals surface area contributed by atoms with Crippen LogP contribution in [0.25, 0.3) is 11.8 Å². The van der Waals surface area contributed by atoms with Crippen LogP contribution < -0.4 is 33.8 Å².